The monoisotopic (exact) mass is 280 g/mol. The van der Waals surface area contributed by atoms with Crippen LogP contribution in [-0.4, -0.2) is 12.0 Å². The predicted molar refractivity (Wildman–Crippen MR) is 78.2 cm³/mol. The standard InChI is InChI=1S/C13H13ClN2OS/c1-16(7-9-4-5-17-8-9)12-3-2-10(13(15)18)6-11(12)14/h2-6,8H,7H2,1H3,(H2,15,18). The number of halogens is 1. The van der Waals surface area contributed by atoms with Gasteiger partial charge < -0.3 is 15.1 Å². The quantitative estimate of drug-likeness (QED) is 0.874. The SMILES string of the molecule is CN(Cc1ccoc1)c1ccc(C(N)=S)cc1Cl. The second-order valence-electron chi connectivity index (χ2n) is 4.02. The van der Waals surface area contributed by atoms with Crippen LogP contribution in [0.4, 0.5) is 5.69 Å². The van der Waals surface area contributed by atoms with E-state index in [2.05, 4.69) is 0 Å². The van der Waals surface area contributed by atoms with Crippen molar-refractivity contribution in [3.63, 3.8) is 0 Å². The number of anilines is 1. The van der Waals surface area contributed by atoms with Crippen molar-refractivity contribution < 1.29 is 4.42 Å². The number of nitrogens with zero attached hydrogens (tertiary/aromatic N) is 1. The summed E-state index contributed by atoms with van der Waals surface area (Å²) in [6.45, 7) is 0.725. The number of hydrogen-bond acceptors (Lipinski definition) is 3. The first-order chi connectivity index (χ1) is 8.58. The summed E-state index contributed by atoms with van der Waals surface area (Å²) in [6.07, 6.45) is 3.37. The fourth-order valence-electron chi connectivity index (χ4n) is 1.71. The lowest BCUT2D eigenvalue weighted by molar-refractivity contribution is 0.563. The minimum atomic E-state index is 0.348. The molecule has 0 unspecified atom stereocenters. The average Bonchev–Trinajstić information content (AvgIpc) is 2.81. The third-order valence-corrected chi connectivity index (χ3v) is 3.18. The van der Waals surface area contributed by atoms with Gasteiger partial charge in [0.2, 0.25) is 0 Å². The molecule has 0 saturated carbocycles. The topological polar surface area (TPSA) is 42.4 Å². The summed E-state index contributed by atoms with van der Waals surface area (Å²) in [6, 6.07) is 7.49. The Morgan fingerprint density at radius 3 is 2.78 bits per heavy atom. The molecule has 0 amide bonds. The van der Waals surface area contributed by atoms with Crippen molar-refractivity contribution in [1.29, 1.82) is 0 Å². The van der Waals surface area contributed by atoms with E-state index in [9.17, 15) is 0 Å². The third kappa shape index (κ3) is 2.83. The summed E-state index contributed by atoms with van der Waals surface area (Å²) in [7, 11) is 1.97. The van der Waals surface area contributed by atoms with Crippen molar-refractivity contribution in [2.75, 3.05) is 11.9 Å². The summed E-state index contributed by atoms with van der Waals surface area (Å²) in [5.41, 5.74) is 8.36. The molecular formula is C13H13ClN2OS. The lowest BCUT2D eigenvalue weighted by Gasteiger charge is -2.20. The van der Waals surface area contributed by atoms with Crippen LogP contribution in [0.3, 0.4) is 0 Å². The second kappa shape index (κ2) is 5.42. The van der Waals surface area contributed by atoms with Gasteiger partial charge in [0.1, 0.15) is 4.99 Å². The normalized spacial score (nSPS) is 10.3. The molecule has 18 heavy (non-hydrogen) atoms. The minimum absolute atomic E-state index is 0.348. The molecule has 0 aliphatic heterocycles. The van der Waals surface area contributed by atoms with Crippen LogP contribution in [0.2, 0.25) is 5.02 Å². The summed E-state index contributed by atoms with van der Waals surface area (Å²) in [5, 5.41) is 0.631. The van der Waals surface area contributed by atoms with E-state index in [-0.39, 0.29) is 0 Å². The Labute approximate surface area is 116 Å². The van der Waals surface area contributed by atoms with Crippen LogP contribution in [0.15, 0.2) is 41.2 Å². The maximum atomic E-state index is 6.23. The van der Waals surface area contributed by atoms with Gasteiger partial charge in [-0.2, -0.15) is 0 Å². The number of nitrogens with two attached hydrogens (primary N) is 1. The molecule has 3 nitrogen and oxygen atoms in total. The zero-order valence-electron chi connectivity index (χ0n) is 9.89. The number of furan rings is 1. The molecule has 0 radical (unpaired) electrons. The average molecular weight is 281 g/mol. The molecule has 0 bridgehead atoms. The van der Waals surface area contributed by atoms with Gasteiger partial charge in [-0.05, 0) is 24.3 Å². The van der Waals surface area contributed by atoms with E-state index < -0.39 is 0 Å². The Kier molecular flexibility index (Phi) is 3.89. The Hall–Kier alpha value is -1.52. The molecular weight excluding hydrogens is 268 g/mol. The highest BCUT2D eigenvalue weighted by atomic mass is 35.5. The maximum Gasteiger partial charge on any atom is 0.104 e. The van der Waals surface area contributed by atoms with Crippen molar-refractivity contribution in [2.24, 2.45) is 5.73 Å². The van der Waals surface area contributed by atoms with E-state index in [0.717, 1.165) is 23.4 Å². The van der Waals surface area contributed by atoms with E-state index >= 15 is 0 Å². The zero-order chi connectivity index (χ0) is 13.1. The first-order valence-electron chi connectivity index (χ1n) is 5.39. The fourth-order valence-corrected chi connectivity index (χ4v) is 2.16. The van der Waals surface area contributed by atoms with Crippen LogP contribution >= 0.6 is 23.8 Å². The Morgan fingerprint density at radius 1 is 1.44 bits per heavy atom. The van der Waals surface area contributed by atoms with Crippen LogP contribution in [0.25, 0.3) is 0 Å². The van der Waals surface area contributed by atoms with Gasteiger partial charge >= 0.3 is 0 Å². The fraction of sp³-hybridized carbons (Fsp3) is 0.154. The third-order valence-electron chi connectivity index (χ3n) is 2.64. The van der Waals surface area contributed by atoms with Gasteiger partial charge in [-0.1, -0.05) is 23.8 Å². The first-order valence-corrected chi connectivity index (χ1v) is 6.18. The molecule has 0 atom stereocenters. The highest BCUT2D eigenvalue weighted by Gasteiger charge is 2.09. The van der Waals surface area contributed by atoms with Crippen LogP contribution in [0.5, 0.6) is 0 Å². The number of benzene rings is 1. The molecule has 0 spiro atoms. The first kappa shape index (κ1) is 12.9. The number of rotatable bonds is 4. The summed E-state index contributed by atoms with van der Waals surface area (Å²) >= 11 is 11.1. The van der Waals surface area contributed by atoms with Gasteiger partial charge in [-0.3, -0.25) is 0 Å². The van der Waals surface area contributed by atoms with Crippen molar-refractivity contribution >= 4 is 34.5 Å². The van der Waals surface area contributed by atoms with Crippen LogP contribution in [0.1, 0.15) is 11.1 Å². The molecule has 1 aromatic heterocycles. The van der Waals surface area contributed by atoms with Crippen molar-refractivity contribution in [3.05, 3.63) is 52.9 Å². The molecule has 0 fully saturated rings. The highest BCUT2D eigenvalue weighted by molar-refractivity contribution is 7.80. The number of hydrogen-bond donors (Lipinski definition) is 1. The van der Waals surface area contributed by atoms with Crippen molar-refractivity contribution in [1.82, 2.24) is 0 Å². The van der Waals surface area contributed by atoms with Crippen LogP contribution in [0, 0.1) is 0 Å². The Bertz CT molecular complexity index is 554. The largest absolute Gasteiger partial charge is 0.472 e. The highest BCUT2D eigenvalue weighted by Crippen LogP contribution is 2.27. The Balaban J connectivity index is 2.20. The molecule has 94 valence electrons. The summed E-state index contributed by atoms with van der Waals surface area (Å²) in [4.78, 5) is 2.39. The lowest BCUT2D eigenvalue weighted by Crippen LogP contribution is -2.17. The second-order valence-corrected chi connectivity index (χ2v) is 4.87. The molecule has 0 aliphatic rings. The van der Waals surface area contributed by atoms with Crippen LogP contribution in [-0.2, 0) is 6.54 Å². The molecule has 2 rings (SSSR count). The molecule has 1 aromatic carbocycles. The van der Waals surface area contributed by atoms with E-state index in [1.165, 1.54) is 0 Å². The molecule has 5 heteroatoms. The van der Waals surface area contributed by atoms with Gasteiger partial charge in [0.15, 0.2) is 0 Å². The van der Waals surface area contributed by atoms with Gasteiger partial charge in [-0.25, -0.2) is 0 Å². The molecule has 1 heterocycles. The van der Waals surface area contributed by atoms with E-state index in [4.69, 9.17) is 34.0 Å². The van der Waals surface area contributed by atoms with Crippen molar-refractivity contribution in [3.8, 4) is 0 Å². The summed E-state index contributed by atoms with van der Waals surface area (Å²) < 4.78 is 5.04. The molecule has 0 saturated heterocycles. The number of thiocarbonyl (C=S) groups is 1. The molecule has 2 N–H and O–H groups in total. The Morgan fingerprint density at radius 2 is 2.22 bits per heavy atom. The van der Waals surface area contributed by atoms with Gasteiger partial charge in [-0.15, -0.1) is 0 Å². The smallest absolute Gasteiger partial charge is 0.104 e. The predicted octanol–water partition coefficient (Wildman–Crippen LogP) is 3.20. The zero-order valence-corrected chi connectivity index (χ0v) is 11.5. The van der Waals surface area contributed by atoms with Crippen LogP contribution < -0.4 is 10.6 Å². The van der Waals surface area contributed by atoms with Gasteiger partial charge in [0.25, 0.3) is 0 Å². The minimum Gasteiger partial charge on any atom is -0.472 e. The molecule has 2 aromatic rings. The van der Waals surface area contributed by atoms with Gasteiger partial charge in [0, 0.05) is 24.7 Å². The summed E-state index contributed by atoms with van der Waals surface area (Å²) in [5.74, 6) is 0. The van der Waals surface area contributed by atoms with Crippen molar-refractivity contribution in [2.45, 2.75) is 6.54 Å². The molecule has 0 aliphatic carbocycles. The maximum absolute atomic E-state index is 6.23. The van der Waals surface area contributed by atoms with E-state index in [1.807, 2.05) is 30.1 Å². The van der Waals surface area contributed by atoms with E-state index in [1.54, 1.807) is 18.6 Å². The van der Waals surface area contributed by atoms with Gasteiger partial charge in [0.05, 0.1) is 23.2 Å². The lowest BCUT2D eigenvalue weighted by atomic mass is 10.2. The van der Waals surface area contributed by atoms with E-state index in [0.29, 0.717) is 10.0 Å².